The Kier molecular flexibility index (Phi) is 7.87. The van der Waals surface area contributed by atoms with Gasteiger partial charge >= 0.3 is 0 Å². The third-order valence-corrected chi connectivity index (χ3v) is 6.53. The van der Waals surface area contributed by atoms with Crippen LogP contribution in [0.5, 0.6) is 5.75 Å². The van der Waals surface area contributed by atoms with Gasteiger partial charge in [-0.2, -0.15) is 0 Å². The zero-order valence-electron chi connectivity index (χ0n) is 20.3. The van der Waals surface area contributed by atoms with Gasteiger partial charge in [0.2, 0.25) is 17.7 Å². The van der Waals surface area contributed by atoms with E-state index in [1.165, 1.54) is 0 Å². The largest absolute Gasteiger partial charge is 0.497 e. The fourth-order valence-corrected chi connectivity index (χ4v) is 4.48. The van der Waals surface area contributed by atoms with Gasteiger partial charge in [-0.15, -0.1) is 0 Å². The second kappa shape index (κ2) is 11.2. The fraction of sp³-hybridized carbons (Fsp3) is 0.423. The summed E-state index contributed by atoms with van der Waals surface area (Å²) in [5, 5.41) is 5.61. The number of methoxy groups -OCH3 is 1. The lowest BCUT2D eigenvalue weighted by atomic mass is 10.1. The monoisotopic (exact) mass is 479 g/mol. The quantitative estimate of drug-likeness (QED) is 0.625. The Balaban J connectivity index is 1.31. The van der Waals surface area contributed by atoms with Crippen molar-refractivity contribution in [1.29, 1.82) is 0 Å². The molecule has 2 heterocycles. The van der Waals surface area contributed by atoms with Gasteiger partial charge in [0.1, 0.15) is 11.8 Å². The molecule has 0 spiro atoms. The number of nitrogens with one attached hydrogen (secondary N) is 2. The second-order valence-corrected chi connectivity index (χ2v) is 8.97. The summed E-state index contributed by atoms with van der Waals surface area (Å²) in [6.07, 6.45) is -0.0727. The van der Waals surface area contributed by atoms with Crippen LogP contribution in [0.2, 0.25) is 0 Å². The predicted octanol–water partition coefficient (Wildman–Crippen LogP) is 1.48. The summed E-state index contributed by atoms with van der Waals surface area (Å²) >= 11 is 0. The maximum atomic E-state index is 13.2. The number of amides is 3. The van der Waals surface area contributed by atoms with E-state index in [1.54, 1.807) is 12.0 Å². The number of piperazine rings is 2. The highest BCUT2D eigenvalue weighted by atomic mass is 16.5. The highest BCUT2D eigenvalue weighted by molar-refractivity contribution is 5.97. The minimum atomic E-state index is -0.803. The second-order valence-electron chi connectivity index (χ2n) is 8.97. The number of nitrogens with zero attached hydrogens (tertiary/aromatic N) is 3. The lowest BCUT2D eigenvalue weighted by Gasteiger charge is -2.39. The Morgan fingerprint density at radius 1 is 1.00 bits per heavy atom. The van der Waals surface area contributed by atoms with Gasteiger partial charge in [0.05, 0.1) is 20.1 Å². The molecule has 3 amide bonds. The summed E-state index contributed by atoms with van der Waals surface area (Å²) in [5.41, 5.74) is 2.89. The Morgan fingerprint density at radius 2 is 1.69 bits per heavy atom. The van der Waals surface area contributed by atoms with E-state index in [-0.39, 0.29) is 30.7 Å². The van der Waals surface area contributed by atoms with Gasteiger partial charge < -0.3 is 25.2 Å². The summed E-state index contributed by atoms with van der Waals surface area (Å²) in [4.78, 5) is 44.3. The molecule has 1 unspecified atom stereocenters. The Hall–Kier alpha value is -3.59. The smallest absolute Gasteiger partial charge is 0.243 e. The highest BCUT2D eigenvalue weighted by Crippen LogP contribution is 2.21. The first-order valence-electron chi connectivity index (χ1n) is 12.0. The van der Waals surface area contributed by atoms with Crippen molar-refractivity contribution < 1.29 is 19.1 Å². The van der Waals surface area contributed by atoms with Crippen LogP contribution in [0.1, 0.15) is 12.0 Å². The maximum Gasteiger partial charge on any atom is 0.243 e. The number of hydrogen-bond acceptors (Lipinski definition) is 6. The SMILES string of the molecule is COc1ccc(N2CCN(CC(=O)N3CCNC(=O)C3CC(=O)Nc3ccc(C)cc3)CC2)cc1. The highest BCUT2D eigenvalue weighted by Gasteiger charge is 2.35. The van der Waals surface area contributed by atoms with Crippen molar-refractivity contribution in [1.82, 2.24) is 15.1 Å². The average molecular weight is 480 g/mol. The van der Waals surface area contributed by atoms with Gasteiger partial charge in [0.15, 0.2) is 0 Å². The van der Waals surface area contributed by atoms with E-state index in [2.05, 4.69) is 20.4 Å². The molecule has 9 nitrogen and oxygen atoms in total. The third-order valence-electron chi connectivity index (χ3n) is 6.53. The van der Waals surface area contributed by atoms with Crippen LogP contribution in [0.3, 0.4) is 0 Å². The Labute approximate surface area is 206 Å². The van der Waals surface area contributed by atoms with Crippen LogP contribution in [-0.4, -0.2) is 86.5 Å². The minimum Gasteiger partial charge on any atom is -0.497 e. The van der Waals surface area contributed by atoms with Gasteiger partial charge in [0.25, 0.3) is 0 Å². The number of anilines is 2. The molecule has 4 rings (SSSR count). The number of carbonyl (C=O) groups is 3. The summed E-state index contributed by atoms with van der Waals surface area (Å²) in [7, 11) is 1.65. The first kappa shape index (κ1) is 24.5. The molecular weight excluding hydrogens is 446 g/mol. The summed E-state index contributed by atoms with van der Waals surface area (Å²) in [6, 6.07) is 14.6. The van der Waals surface area contributed by atoms with Crippen LogP contribution >= 0.6 is 0 Å². The molecule has 2 N–H and O–H groups in total. The van der Waals surface area contributed by atoms with E-state index in [0.717, 1.165) is 43.2 Å². The van der Waals surface area contributed by atoms with E-state index in [4.69, 9.17) is 4.74 Å². The maximum absolute atomic E-state index is 13.2. The molecule has 35 heavy (non-hydrogen) atoms. The zero-order chi connectivity index (χ0) is 24.8. The van der Waals surface area contributed by atoms with Gasteiger partial charge in [0, 0.05) is 50.6 Å². The Morgan fingerprint density at radius 3 is 2.34 bits per heavy atom. The van der Waals surface area contributed by atoms with E-state index in [9.17, 15) is 14.4 Å². The summed E-state index contributed by atoms with van der Waals surface area (Å²) in [5.74, 6) is 0.131. The molecule has 0 bridgehead atoms. The lowest BCUT2D eigenvalue weighted by Crippen LogP contribution is -2.60. The van der Waals surface area contributed by atoms with Crippen LogP contribution in [0.25, 0.3) is 0 Å². The number of aryl methyl sites for hydroxylation is 1. The van der Waals surface area contributed by atoms with Gasteiger partial charge in [-0.25, -0.2) is 0 Å². The van der Waals surface area contributed by atoms with E-state index in [1.807, 2.05) is 55.5 Å². The lowest BCUT2D eigenvalue weighted by molar-refractivity contribution is -0.145. The number of benzene rings is 2. The zero-order valence-corrected chi connectivity index (χ0v) is 20.3. The minimum absolute atomic E-state index is 0.0727. The van der Waals surface area contributed by atoms with Gasteiger partial charge in [-0.05, 0) is 43.3 Å². The van der Waals surface area contributed by atoms with Crippen LogP contribution < -0.4 is 20.3 Å². The van der Waals surface area contributed by atoms with E-state index >= 15 is 0 Å². The van der Waals surface area contributed by atoms with Crippen molar-refractivity contribution in [2.24, 2.45) is 0 Å². The topological polar surface area (TPSA) is 94.2 Å². The summed E-state index contributed by atoms with van der Waals surface area (Å²) < 4.78 is 5.23. The summed E-state index contributed by atoms with van der Waals surface area (Å²) in [6.45, 7) is 6.11. The van der Waals surface area contributed by atoms with Gasteiger partial charge in [-0.1, -0.05) is 17.7 Å². The Bertz CT molecular complexity index is 1030. The van der Waals surface area contributed by atoms with Crippen molar-refractivity contribution in [3.05, 3.63) is 54.1 Å². The average Bonchev–Trinajstić information content (AvgIpc) is 2.87. The molecule has 1 atom stereocenters. The molecule has 0 aliphatic carbocycles. The van der Waals surface area contributed by atoms with Gasteiger partial charge in [-0.3, -0.25) is 19.3 Å². The molecular formula is C26H33N5O4. The molecule has 0 aromatic heterocycles. The van der Waals surface area contributed by atoms with Crippen LogP contribution in [0, 0.1) is 6.92 Å². The van der Waals surface area contributed by atoms with Crippen LogP contribution in [0.15, 0.2) is 48.5 Å². The molecule has 186 valence electrons. The first-order valence-corrected chi connectivity index (χ1v) is 12.0. The molecule has 2 aromatic rings. The number of rotatable bonds is 7. The van der Waals surface area contributed by atoms with Crippen molar-refractivity contribution in [3.8, 4) is 5.75 Å². The molecule has 2 aliphatic heterocycles. The predicted molar refractivity (Wildman–Crippen MR) is 135 cm³/mol. The molecule has 2 saturated heterocycles. The standard InChI is InChI=1S/C26H33N5O4/c1-19-3-5-20(6-4-19)28-24(32)17-23-26(34)27-11-12-31(23)25(33)18-29-13-15-30(16-14-29)21-7-9-22(35-2)10-8-21/h3-10,23H,11-18H2,1-2H3,(H,27,34)(H,28,32). The first-order chi connectivity index (χ1) is 16.9. The number of ether oxygens (including phenoxy) is 1. The van der Waals surface area contributed by atoms with E-state index < -0.39 is 6.04 Å². The molecule has 9 heteroatoms. The molecule has 2 fully saturated rings. The van der Waals surface area contributed by atoms with Crippen molar-refractivity contribution >= 4 is 29.1 Å². The fourth-order valence-electron chi connectivity index (χ4n) is 4.48. The van der Waals surface area contributed by atoms with Crippen molar-refractivity contribution in [2.75, 3.05) is 63.1 Å². The molecule has 2 aromatic carbocycles. The third kappa shape index (κ3) is 6.30. The van der Waals surface area contributed by atoms with Crippen molar-refractivity contribution in [3.63, 3.8) is 0 Å². The number of hydrogen-bond donors (Lipinski definition) is 2. The van der Waals surface area contributed by atoms with Crippen LogP contribution in [0.4, 0.5) is 11.4 Å². The normalized spacial score (nSPS) is 18.7. The number of carbonyl (C=O) groups excluding carboxylic acids is 3. The molecule has 2 aliphatic rings. The van der Waals surface area contributed by atoms with E-state index in [0.29, 0.717) is 18.8 Å². The molecule has 0 radical (unpaired) electrons. The molecule has 0 saturated carbocycles. The van der Waals surface area contributed by atoms with Crippen molar-refractivity contribution in [2.45, 2.75) is 19.4 Å². The van der Waals surface area contributed by atoms with Crippen LogP contribution in [-0.2, 0) is 14.4 Å².